The molecule has 0 N–H and O–H groups in total. The Morgan fingerprint density at radius 1 is 0.344 bits per heavy atom. The van der Waals surface area contributed by atoms with E-state index in [1.807, 2.05) is 0 Å². The molecule has 0 nitrogen and oxygen atoms in total. The highest BCUT2D eigenvalue weighted by Crippen LogP contribution is 2.50. The molecule has 0 spiro atoms. The highest BCUT2D eigenvalue weighted by Gasteiger charge is 2.27. The monoisotopic (exact) mass is 404 g/mol. The van der Waals surface area contributed by atoms with Gasteiger partial charge in [-0.1, -0.05) is 115 Å². The van der Waals surface area contributed by atoms with Crippen LogP contribution in [0.15, 0.2) is 121 Å². The maximum absolute atomic E-state index is 2.41. The second-order valence-corrected chi connectivity index (χ2v) is 8.52. The summed E-state index contributed by atoms with van der Waals surface area (Å²) in [5.41, 5.74) is 7.86. The van der Waals surface area contributed by atoms with Crippen molar-refractivity contribution < 1.29 is 0 Å². The summed E-state index contributed by atoms with van der Waals surface area (Å²) in [5, 5.41) is 7.97. The molecule has 0 aliphatic heterocycles. The molecule has 1 aliphatic carbocycles. The van der Waals surface area contributed by atoms with Crippen molar-refractivity contribution in [1.82, 2.24) is 0 Å². The van der Waals surface area contributed by atoms with Gasteiger partial charge in [-0.3, -0.25) is 0 Å². The molecule has 0 aromatic heterocycles. The molecule has 0 unspecified atom stereocenters. The van der Waals surface area contributed by atoms with Crippen molar-refractivity contribution in [3.05, 3.63) is 144 Å². The van der Waals surface area contributed by atoms with Crippen LogP contribution in [-0.2, 0) is 0 Å². The second-order valence-electron chi connectivity index (χ2n) is 8.52. The fourth-order valence-corrected chi connectivity index (χ4v) is 5.47. The summed E-state index contributed by atoms with van der Waals surface area (Å²) in [6.45, 7) is 0. The van der Waals surface area contributed by atoms with E-state index < -0.39 is 0 Å². The van der Waals surface area contributed by atoms with Crippen LogP contribution in [0.4, 0.5) is 0 Å². The van der Waals surface area contributed by atoms with E-state index in [1.54, 1.807) is 0 Å². The normalized spacial score (nSPS) is 12.9. The van der Waals surface area contributed by atoms with Crippen molar-refractivity contribution in [3.8, 4) is 0 Å². The third kappa shape index (κ3) is 2.38. The van der Waals surface area contributed by atoms with Crippen LogP contribution in [-0.4, -0.2) is 0 Å². The number of hydrogen-bond acceptors (Lipinski definition) is 0. The van der Waals surface area contributed by atoms with Crippen LogP contribution in [0.5, 0.6) is 0 Å². The van der Waals surface area contributed by atoms with Crippen LogP contribution in [0.1, 0.15) is 22.3 Å². The molecule has 0 radical (unpaired) electrons. The number of hydrogen-bond donors (Lipinski definition) is 0. The zero-order valence-corrected chi connectivity index (χ0v) is 17.5. The van der Waals surface area contributed by atoms with Gasteiger partial charge in [0.25, 0.3) is 0 Å². The van der Waals surface area contributed by atoms with Crippen LogP contribution >= 0.6 is 0 Å². The maximum Gasteiger partial charge on any atom is -0.00193 e. The van der Waals surface area contributed by atoms with Gasteiger partial charge in [0.1, 0.15) is 0 Å². The van der Waals surface area contributed by atoms with E-state index in [1.165, 1.54) is 65.7 Å². The van der Waals surface area contributed by atoms with E-state index in [-0.39, 0.29) is 0 Å². The van der Waals surface area contributed by atoms with E-state index in [4.69, 9.17) is 0 Å². The highest BCUT2D eigenvalue weighted by atomic mass is 14.3. The summed E-state index contributed by atoms with van der Waals surface area (Å²) >= 11 is 0. The second kappa shape index (κ2) is 6.67. The topological polar surface area (TPSA) is 0 Å². The molecular weight excluding hydrogens is 384 g/mol. The van der Waals surface area contributed by atoms with Crippen LogP contribution in [0.2, 0.25) is 0 Å². The predicted molar refractivity (Wildman–Crippen MR) is 137 cm³/mol. The fourth-order valence-electron chi connectivity index (χ4n) is 5.47. The minimum atomic E-state index is 1.27. The maximum atomic E-state index is 2.41. The first-order valence-corrected chi connectivity index (χ1v) is 11.1. The Hall–Kier alpha value is -4.16. The number of rotatable bonds is 2. The summed E-state index contributed by atoms with van der Waals surface area (Å²) in [6.07, 6.45) is 0. The molecule has 0 amide bonds. The molecule has 7 rings (SSSR count). The van der Waals surface area contributed by atoms with Crippen LogP contribution in [0.3, 0.4) is 0 Å². The molecule has 0 saturated heterocycles. The quantitative estimate of drug-likeness (QED) is 0.253. The Morgan fingerprint density at radius 2 is 0.938 bits per heavy atom. The van der Waals surface area contributed by atoms with Crippen molar-refractivity contribution in [2.45, 2.75) is 0 Å². The molecule has 0 heteroatoms. The molecule has 0 bridgehead atoms. The Morgan fingerprint density at radius 3 is 1.69 bits per heavy atom. The Labute approximate surface area is 187 Å². The van der Waals surface area contributed by atoms with E-state index in [0.717, 1.165) is 0 Å². The molecule has 6 aromatic carbocycles. The van der Waals surface area contributed by atoms with Gasteiger partial charge in [0, 0.05) is 0 Å². The largest absolute Gasteiger partial charge is 0.0622 e. The Bertz CT molecular complexity index is 1690. The molecule has 32 heavy (non-hydrogen) atoms. The zero-order chi connectivity index (χ0) is 21.1. The SMILES string of the molecule is c1ccc(C2=C(c3ccccc3)c3cc4ccc5ccccc5c4c4cccc2c34)cc1. The number of benzene rings is 6. The minimum Gasteiger partial charge on any atom is -0.0622 e. The van der Waals surface area contributed by atoms with E-state index in [0.29, 0.717) is 0 Å². The first-order chi connectivity index (χ1) is 15.9. The van der Waals surface area contributed by atoms with Gasteiger partial charge < -0.3 is 0 Å². The lowest BCUT2D eigenvalue weighted by Crippen LogP contribution is -1.90. The molecule has 0 fully saturated rings. The summed E-state index contributed by atoms with van der Waals surface area (Å²) in [7, 11) is 0. The summed E-state index contributed by atoms with van der Waals surface area (Å²) < 4.78 is 0. The summed E-state index contributed by atoms with van der Waals surface area (Å²) in [6, 6.07) is 44.2. The van der Waals surface area contributed by atoms with Crippen LogP contribution in [0.25, 0.3) is 43.5 Å². The molecule has 0 atom stereocenters. The summed E-state index contributed by atoms with van der Waals surface area (Å²) in [5.74, 6) is 0. The van der Waals surface area contributed by atoms with E-state index >= 15 is 0 Å². The summed E-state index contributed by atoms with van der Waals surface area (Å²) in [4.78, 5) is 0. The highest BCUT2D eigenvalue weighted by molar-refractivity contribution is 6.29. The molecule has 0 heterocycles. The first-order valence-electron chi connectivity index (χ1n) is 11.1. The molecule has 6 aromatic rings. The Kier molecular flexibility index (Phi) is 3.65. The Balaban J connectivity index is 1.69. The average Bonchev–Trinajstić information content (AvgIpc) is 3.20. The van der Waals surface area contributed by atoms with Gasteiger partial charge in [-0.25, -0.2) is 0 Å². The van der Waals surface area contributed by atoms with Crippen LogP contribution < -0.4 is 0 Å². The third-order valence-electron chi connectivity index (χ3n) is 6.78. The first kappa shape index (κ1) is 17.5. The van der Waals surface area contributed by atoms with Gasteiger partial charge in [0.15, 0.2) is 0 Å². The lowest BCUT2D eigenvalue weighted by Gasteiger charge is -2.12. The third-order valence-corrected chi connectivity index (χ3v) is 6.78. The molecule has 148 valence electrons. The van der Waals surface area contributed by atoms with Gasteiger partial charge >= 0.3 is 0 Å². The zero-order valence-electron chi connectivity index (χ0n) is 17.5. The standard InChI is InChI=1S/C32H20/c1-3-11-22(12-4-1)30-27-17-9-16-26-29-24(19-18-21-10-7-8-15-25(21)29)20-28(32(26)27)31(30)23-13-5-2-6-14-23/h1-20H. The van der Waals surface area contributed by atoms with E-state index in [2.05, 4.69) is 121 Å². The molecule has 1 aliphatic rings. The van der Waals surface area contributed by atoms with Crippen molar-refractivity contribution >= 4 is 43.5 Å². The van der Waals surface area contributed by atoms with Crippen molar-refractivity contribution in [1.29, 1.82) is 0 Å². The molecular formula is C32H20. The van der Waals surface area contributed by atoms with Gasteiger partial charge in [-0.2, -0.15) is 0 Å². The van der Waals surface area contributed by atoms with E-state index in [9.17, 15) is 0 Å². The van der Waals surface area contributed by atoms with Gasteiger partial charge in [-0.15, -0.1) is 0 Å². The van der Waals surface area contributed by atoms with Crippen LogP contribution in [0, 0.1) is 0 Å². The van der Waals surface area contributed by atoms with Gasteiger partial charge in [0.05, 0.1) is 0 Å². The van der Waals surface area contributed by atoms with Crippen molar-refractivity contribution in [3.63, 3.8) is 0 Å². The lowest BCUT2D eigenvalue weighted by molar-refractivity contribution is 1.57. The predicted octanol–water partition coefficient (Wildman–Crippen LogP) is 8.47. The molecule has 0 saturated carbocycles. The average molecular weight is 405 g/mol. The lowest BCUT2D eigenvalue weighted by atomic mass is 9.91. The van der Waals surface area contributed by atoms with Gasteiger partial charge in [0.2, 0.25) is 0 Å². The van der Waals surface area contributed by atoms with Crippen molar-refractivity contribution in [2.75, 3.05) is 0 Å². The minimum absolute atomic E-state index is 1.27. The number of fused-ring (bicyclic) bond motifs is 4. The van der Waals surface area contributed by atoms with Gasteiger partial charge in [-0.05, 0) is 71.8 Å². The smallest absolute Gasteiger partial charge is 0.00193 e. The van der Waals surface area contributed by atoms with Crippen molar-refractivity contribution in [2.24, 2.45) is 0 Å². The fraction of sp³-hybridized carbons (Fsp3) is 0.